The molecular weight excluding hydrogens is 436 g/mol. The van der Waals surface area contributed by atoms with Gasteiger partial charge in [-0.3, -0.25) is 0 Å². The number of aryl methyl sites for hydroxylation is 1. The molecule has 0 N–H and O–H groups in total. The van der Waals surface area contributed by atoms with Gasteiger partial charge in [0.1, 0.15) is 0 Å². The predicted molar refractivity (Wildman–Crippen MR) is 122 cm³/mol. The van der Waals surface area contributed by atoms with Crippen molar-refractivity contribution >= 4 is 31.4 Å². The van der Waals surface area contributed by atoms with Gasteiger partial charge in [0, 0.05) is 4.90 Å². The van der Waals surface area contributed by atoms with Gasteiger partial charge in [-0.25, -0.2) is 16.8 Å². The molecule has 3 rings (SSSR count). The maximum atomic E-state index is 13.3. The van der Waals surface area contributed by atoms with Gasteiger partial charge < -0.3 is 0 Å². The summed E-state index contributed by atoms with van der Waals surface area (Å²) in [5.41, 5.74) is 1.17. The molecule has 0 saturated carbocycles. The maximum absolute atomic E-state index is 13.3. The molecular formula is C23H24O4S3. The summed E-state index contributed by atoms with van der Waals surface area (Å²) in [6.45, 7) is 2.02. The van der Waals surface area contributed by atoms with Crippen LogP contribution < -0.4 is 0 Å². The lowest BCUT2D eigenvalue weighted by Gasteiger charge is -2.18. The zero-order valence-electron chi connectivity index (χ0n) is 16.6. The molecule has 0 aliphatic carbocycles. The van der Waals surface area contributed by atoms with Crippen LogP contribution in [0.25, 0.3) is 0 Å². The topological polar surface area (TPSA) is 68.3 Å². The van der Waals surface area contributed by atoms with Crippen LogP contribution in [0.4, 0.5) is 0 Å². The SMILES string of the molecule is Cc1ccc(SCCCC(S(=O)(=O)c2ccccc2)S(=O)(=O)c2ccccc2)cc1. The van der Waals surface area contributed by atoms with Crippen LogP contribution in [0.1, 0.15) is 18.4 Å². The van der Waals surface area contributed by atoms with Gasteiger partial charge in [-0.15, -0.1) is 11.8 Å². The van der Waals surface area contributed by atoms with Gasteiger partial charge in [0.2, 0.25) is 0 Å². The van der Waals surface area contributed by atoms with E-state index >= 15 is 0 Å². The van der Waals surface area contributed by atoms with E-state index in [1.54, 1.807) is 48.2 Å². The fourth-order valence-electron chi connectivity index (χ4n) is 3.08. The smallest absolute Gasteiger partial charge is 0.195 e. The summed E-state index contributed by atoms with van der Waals surface area (Å²) in [6.07, 6.45) is 0.495. The van der Waals surface area contributed by atoms with E-state index in [1.165, 1.54) is 29.8 Å². The lowest BCUT2D eigenvalue weighted by atomic mass is 10.2. The van der Waals surface area contributed by atoms with Crippen molar-refractivity contribution in [3.05, 3.63) is 90.5 Å². The van der Waals surface area contributed by atoms with E-state index in [1.807, 2.05) is 31.2 Å². The second kappa shape index (κ2) is 9.81. The van der Waals surface area contributed by atoms with Gasteiger partial charge >= 0.3 is 0 Å². The minimum atomic E-state index is -4.05. The predicted octanol–water partition coefficient (Wildman–Crippen LogP) is 5.14. The average molecular weight is 461 g/mol. The first-order valence-corrected chi connectivity index (χ1v) is 13.7. The summed E-state index contributed by atoms with van der Waals surface area (Å²) >= 11 is 1.59. The Morgan fingerprint density at radius 2 is 1.17 bits per heavy atom. The Labute approximate surface area is 183 Å². The molecule has 3 aromatic carbocycles. The molecule has 0 heterocycles. The van der Waals surface area contributed by atoms with E-state index in [2.05, 4.69) is 0 Å². The van der Waals surface area contributed by atoms with E-state index in [4.69, 9.17) is 0 Å². The molecule has 158 valence electrons. The lowest BCUT2D eigenvalue weighted by molar-refractivity contribution is 0.568. The minimum absolute atomic E-state index is 0.0284. The third-order valence-electron chi connectivity index (χ3n) is 4.71. The maximum Gasteiger partial charge on any atom is 0.195 e. The monoisotopic (exact) mass is 460 g/mol. The highest BCUT2D eigenvalue weighted by atomic mass is 32.3. The zero-order valence-corrected chi connectivity index (χ0v) is 19.1. The molecule has 0 fully saturated rings. The molecule has 0 spiro atoms. The second-order valence-electron chi connectivity index (χ2n) is 6.95. The van der Waals surface area contributed by atoms with Crippen molar-refractivity contribution in [3.63, 3.8) is 0 Å². The molecule has 0 amide bonds. The van der Waals surface area contributed by atoms with Crippen LogP contribution in [0.5, 0.6) is 0 Å². The molecule has 0 radical (unpaired) electrons. The van der Waals surface area contributed by atoms with Crippen LogP contribution in [-0.2, 0) is 19.7 Å². The molecule has 0 aromatic heterocycles. The summed E-state index contributed by atoms with van der Waals surface area (Å²) in [4.78, 5) is 1.13. The quantitative estimate of drug-likeness (QED) is 0.327. The van der Waals surface area contributed by atoms with E-state index in [-0.39, 0.29) is 16.2 Å². The van der Waals surface area contributed by atoms with E-state index < -0.39 is 24.3 Å². The Balaban J connectivity index is 1.83. The van der Waals surface area contributed by atoms with Crippen LogP contribution in [0, 0.1) is 6.92 Å². The van der Waals surface area contributed by atoms with Crippen LogP contribution in [0.3, 0.4) is 0 Å². The van der Waals surface area contributed by atoms with E-state index in [0.29, 0.717) is 12.2 Å². The van der Waals surface area contributed by atoms with Crippen LogP contribution in [0.15, 0.2) is 99.6 Å². The number of hydrogen-bond donors (Lipinski definition) is 0. The fraction of sp³-hybridized carbons (Fsp3) is 0.217. The number of sulfone groups is 2. The highest BCUT2D eigenvalue weighted by Gasteiger charge is 2.39. The molecule has 30 heavy (non-hydrogen) atoms. The van der Waals surface area contributed by atoms with Crippen LogP contribution >= 0.6 is 11.8 Å². The fourth-order valence-corrected chi connectivity index (χ4v) is 8.59. The molecule has 4 nitrogen and oxygen atoms in total. The number of thioether (sulfide) groups is 1. The van der Waals surface area contributed by atoms with Crippen molar-refractivity contribution in [1.29, 1.82) is 0 Å². The summed E-state index contributed by atoms with van der Waals surface area (Å²) < 4.78 is 51.6. The second-order valence-corrected chi connectivity index (χ2v) is 12.7. The molecule has 0 saturated heterocycles. The molecule has 3 aromatic rings. The van der Waals surface area contributed by atoms with Crippen molar-refractivity contribution in [2.24, 2.45) is 0 Å². The average Bonchev–Trinajstić information content (AvgIpc) is 2.76. The van der Waals surface area contributed by atoms with Gasteiger partial charge in [-0.2, -0.15) is 0 Å². The Hall–Kier alpha value is -2.09. The molecule has 7 heteroatoms. The van der Waals surface area contributed by atoms with Crippen molar-refractivity contribution < 1.29 is 16.8 Å². The van der Waals surface area contributed by atoms with Gasteiger partial charge in [0.05, 0.1) is 9.79 Å². The van der Waals surface area contributed by atoms with Gasteiger partial charge in [-0.05, 0) is 61.9 Å². The summed E-state index contributed by atoms with van der Waals surface area (Å²) in [5.74, 6) is 0.633. The Kier molecular flexibility index (Phi) is 7.39. The lowest BCUT2D eigenvalue weighted by Crippen LogP contribution is -2.31. The highest BCUT2D eigenvalue weighted by Crippen LogP contribution is 2.30. The first kappa shape index (κ1) is 22.6. The van der Waals surface area contributed by atoms with Crippen molar-refractivity contribution in [2.75, 3.05) is 5.75 Å². The van der Waals surface area contributed by atoms with Crippen LogP contribution in [0.2, 0.25) is 0 Å². The molecule has 0 atom stereocenters. The minimum Gasteiger partial charge on any atom is -0.222 e. The molecule has 0 aliphatic rings. The third kappa shape index (κ3) is 5.33. The number of benzene rings is 3. The van der Waals surface area contributed by atoms with Gasteiger partial charge in [-0.1, -0.05) is 54.1 Å². The highest BCUT2D eigenvalue weighted by molar-refractivity contribution is 8.09. The zero-order chi connectivity index (χ0) is 21.6. The van der Waals surface area contributed by atoms with Gasteiger partial charge in [0.25, 0.3) is 0 Å². The standard InChI is InChI=1S/C23H24O4S3/c1-19-14-16-20(17-15-19)28-18-8-13-23(29(24,25)21-9-4-2-5-10-21)30(26,27)22-11-6-3-7-12-22/h2-7,9-12,14-17,23H,8,13,18H2,1H3. The number of hydrogen-bond acceptors (Lipinski definition) is 5. The summed E-state index contributed by atoms with van der Waals surface area (Å²) in [6, 6.07) is 23.7. The number of rotatable bonds is 9. The van der Waals surface area contributed by atoms with Crippen molar-refractivity contribution in [3.8, 4) is 0 Å². The normalized spacial score (nSPS) is 12.2. The molecule has 0 bridgehead atoms. The first-order valence-electron chi connectivity index (χ1n) is 9.59. The Bertz CT molecular complexity index is 1090. The van der Waals surface area contributed by atoms with E-state index in [0.717, 1.165) is 4.90 Å². The van der Waals surface area contributed by atoms with E-state index in [9.17, 15) is 16.8 Å². The third-order valence-corrected chi connectivity index (χ3v) is 11.0. The first-order chi connectivity index (χ1) is 14.3. The van der Waals surface area contributed by atoms with Crippen LogP contribution in [-0.4, -0.2) is 27.2 Å². The summed E-state index contributed by atoms with van der Waals surface area (Å²) in [7, 11) is -8.11. The summed E-state index contributed by atoms with van der Waals surface area (Å²) in [5, 5.41) is 0. The van der Waals surface area contributed by atoms with Crippen molar-refractivity contribution in [1.82, 2.24) is 0 Å². The molecule has 0 aliphatic heterocycles. The Morgan fingerprint density at radius 3 is 1.63 bits per heavy atom. The van der Waals surface area contributed by atoms with Crippen molar-refractivity contribution in [2.45, 2.75) is 39.0 Å². The largest absolute Gasteiger partial charge is 0.222 e. The Morgan fingerprint density at radius 1 is 0.700 bits per heavy atom. The molecule has 0 unspecified atom stereocenters. The van der Waals surface area contributed by atoms with Gasteiger partial charge in [0.15, 0.2) is 24.3 Å².